The fourth-order valence-electron chi connectivity index (χ4n) is 1.47. The van der Waals surface area contributed by atoms with Crippen LogP contribution in [0.15, 0.2) is 0 Å². The minimum atomic E-state index is 0.107. The fraction of sp³-hybridized carbons (Fsp3) is 1.00. The summed E-state index contributed by atoms with van der Waals surface area (Å²) in [6, 6.07) is 0. The number of unbranched alkanes of at least 4 members (excludes halogenated alkanes) is 1. The molecule has 0 amide bonds. The molecule has 0 radical (unpaired) electrons. The predicted octanol–water partition coefficient (Wildman–Crippen LogP) is 3.19. The number of hydrogen-bond donors (Lipinski definition) is 1. The Morgan fingerprint density at radius 3 is 2.27 bits per heavy atom. The molecule has 0 aromatic rings. The van der Waals surface area contributed by atoms with Crippen LogP contribution in [0.1, 0.15) is 46.5 Å². The number of hydrogen-bond acceptors (Lipinski definition) is 2. The van der Waals surface area contributed by atoms with Crippen LogP contribution in [0.3, 0.4) is 0 Å². The highest BCUT2D eigenvalue weighted by atomic mass is 35.5. The maximum Gasteiger partial charge on any atom is 0.0591 e. The van der Waals surface area contributed by atoms with Crippen LogP contribution in [0.2, 0.25) is 0 Å². The van der Waals surface area contributed by atoms with Gasteiger partial charge < -0.3 is 10.1 Å². The van der Waals surface area contributed by atoms with Crippen LogP contribution < -0.4 is 5.32 Å². The number of rotatable bonds is 10. The van der Waals surface area contributed by atoms with Gasteiger partial charge in [0.2, 0.25) is 0 Å². The first kappa shape index (κ1) is 15.2. The highest BCUT2D eigenvalue weighted by Crippen LogP contribution is 2.16. The van der Waals surface area contributed by atoms with Crippen LogP contribution in [-0.4, -0.2) is 31.2 Å². The zero-order valence-corrected chi connectivity index (χ0v) is 11.2. The lowest BCUT2D eigenvalue weighted by Crippen LogP contribution is -2.47. The highest BCUT2D eigenvalue weighted by Gasteiger charge is 2.23. The Kier molecular flexibility index (Phi) is 9.57. The Labute approximate surface area is 99.7 Å². The Morgan fingerprint density at radius 1 is 1.13 bits per heavy atom. The second-order valence-corrected chi connectivity index (χ2v) is 4.28. The van der Waals surface area contributed by atoms with Crippen molar-refractivity contribution in [2.75, 3.05) is 25.6 Å². The second-order valence-electron chi connectivity index (χ2n) is 4.01. The summed E-state index contributed by atoms with van der Waals surface area (Å²) in [5.74, 6) is 0.676. The summed E-state index contributed by atoms with van der Waals surface area (Å²) in [4.78, 5) is 0. The van der Waals surface area contributed by atoms with Gasteiger partial charge in [0.1, 0.15) is 0 Å². The van der Waals surface area contributed by atoms with Crippen molar-refractivity contribution in [3.63, 3.8) is 0 Å². The van der Waals surface area contributed by atoms with E-state index in [9.17, 15) is 0 Å². The lowest BCUT2D eigenvalue weighted by atomic mass is 9.95. The average molecular weight is 236 g/mol. The molecule has 92 valence electrons. The molecule has 0 aromatic heterocycles. The van der Waals surface area contributed by atoms with Crippen molar-refractivity contribution in [3.8, 4) is 0 Å². The van der Waals surface area contributed by atoms with Gasteiger partial charge in [-0.25, -0.2) is 0 Å². The standard InChI is InChI=1S/C12H26ClNO/c1-4-7-9-15-10-8-14-12(5-2,6-3)11-13/h14H,4-11H2,1-3H3. The Hall–Kier alpha value is 0.210. The van der Waals surface area contributed by atoms with Gasteiger partial charge in [-0.2, -0.15) is 0 Å². The molecule has 0 heterocycles. The van der Waals surface area contributed by atoms with Gasteiger partial charge in [-0.1, -0.05) is 27.2 Å². The molecule has 0 rings (SSSR count). The SMILES string of the molecule is CCCCOCCNC(CC)(CC)CCl. The molecular formula is C12H26ClNO. The van der Waals surface area contributed by atoms with Gasteiger partial charge >= 0.3 is 0 Å². The lowest BCUT2D eigenvalue weighted by molar-refractivity contribution is 0.125. The van der Waals surface area contributed by atoms with Crippen LogP contribution in [-0.2, 0) is 4.74 Å². The summed E-state index contributed by atoms with van der Waals surface area (Å²) >= 11 is 5.98. The van der Waals surface area contributed by atoms with Gasteiger partial charge in [0.25, 0.3) is 0 Å². The molecule has 3 heteroatoms. The van der Waals surface area contributed by atoms with Crippen molar-refractivity contribution in [2.45, 2.75) is 52.0 Å². The average Bonchev–Trinajstić information content (AvgIpc) is 2.29. The van der Waals surface area contributed by atoms with Crippen LogP contribution in [0.25, 0.3) is 0 Å². The van der Waals surface area contributed by atoms with Crippen molar-refractivity contribution < 1.29 is 4.74 Å². The minimum absolute atomic E-state index is 0.107. The van der Waals surface area contributed by atoms with E-state index >= 15 is 0 Å². The van der Waals surface area contributed by atoms with Crippen molar-refractivity contribution in [2.24, 2.45) is 0 Å². The van der Waals surface area contributed by atoms with Gasteiger partial charge in [-0.05, 0) is 19.3 Å². The monoisotopic (exact) mass is 235 g/mol. The number of nitrogens with one attached hydrogen (secondary N) is 1. The molecule has 0 unspecified atom stereocenters. The first-order valence-corrected chi connectivity index (χ1v) is 6.66. The van der Waals surface area contributed by atoms with Crippen LogP contribution >= 0.6 is 11.6 Å². The summed E-state index contributed by atoms with van der Waals surface area (Å²) in [5, 5.41) is 3.50. The van der Waals surface area contributed by atoms with Crippen molar-refractivity contribution in [1.82, 2.24) is 5.32 Å². The largest absolute Gasteiger partial charge is 0.380 e. The second kappa shape index (κ2) is 9.44. The molecule has 2 nitrogen and oxygen atoms in total. The molecule has 0 aliphatic carbocycles. The molecule has 0 aliphatic rings. The maximum absolute atomic E-state index is 5.98. The van der Waals surface area contributed by atoms with E-state index in [-0.39, 0.29) is 5.54 Å². The summed E-state index contributed by atoms with van der Waals surface area (Å²) in [7, 11) is 0. The Bertz CT molecular complexity index is 129. The van der Waals surface area contributed by atoms with E-state index < -0.39 is 0 Å². The summed E-state index contributed by atoms with van der Waals surface area (Å²) in [5.41, 5.74) is 0.107. The van der Waals surface area contributed by atoms with Gasteiger partial charge in [0.05, 0.1) is 6.61 Å². The quantitative estimate of drug-likeness (QED) is 0.464. The molecule has 0 atom stereocenters. The van der Waals surface area contributed by atoms with Gasteiger partial charge in [0, 0.05) is 24.6 Å². The smallest absolute Gasteiger partial charge is 0.0591 e. The van der Waals surface area contributed by atoms with Crippen LogP contribution in [0.4, 0.5) is 0 Å². The zero-order valence-electron chi connectivity index (χ0n) is 10.4. The lowest BCUT2D eigenvalue weighted by Gasteiger charge is -2.30. The minimum Gasteiger partial charge on any atom is -0.380 e. The molecule has 0 fully saturated rings. The predicted molar refractivity (Wildman–Crippen MR) is 67.8 cm³/mol. The molecule has 0 aromatic carbocycles. The first-order chi connectivity index (χ1) is 7.24. The number of ether oxygens (including phenoxy) is 1. The van der Waals surface area contributed by atoms with Crippen molar-refractivity contribution in [1.29, 1.82) is 0 Å². The normalized spacial score (nSPS) is 12.0. The first-order valence-electron chi connectivity index (χ1n) is 6.13. The zero-order chi connectivity index (χ0) is 11.6. The van der Waals surface area contributed by atoms with E-state index in [1.165, 1.54) is 6.42 Å². The van der Waals surface area contributed by atoms with Gasteiger partial charge in [-0.15, -0.1) is 11.6 Å². The summed E-state index contributed by atoms with van der Waals surface area (Å²) in [6.07, 6.45) is 4.50. The third-order valence-corrected chi connectivity index (χ3v) is 3.51. The maximum atomic E-state index is 5.98. The molecule has 0 aliphatic heterocycles. The van der Waals surface area contributed by atoms with Crippen molar-refractivity contribution in [3.05, 3.63) is 0 Å². The highest BCUT2D eigenvalue weighted by molar-refractivity contribution is 6.18. The Balaban J connectivity index is 3.54. The Morgan fingerprint density at radius 2 is 1.80 bits per heavy atom. The molecule has 0 spiro atoms. The van der Waals surface area contributed by atoms with Crippen LogP contribution in [0, 0.1) is 0 Å². The number of alkyl halides is 1. The number of halogens is 1. The topological polar surface area (TPSA) is 21.3 Å². The molecule has 0 bridgehead atoms. The van der Waals surface area contributed by atoms with Gasteiger partial charge in [0.15, 0.2) is 0 Å². The van der Waals surface area contributed by atoms with E-state index in [0.29, 0.717) is 5.88 Å². The van der Waals surface area contributed by atoms with E-state index in [1.807, 2.05) is 0 Å². The van der Waals surface area contributed by atoms with Crippen molar-refractivity contribution >= 4 is 11.6 Å². The van der Waals surface area contributed by atoms with Gasteiger partial charge in [-0.3, -0.25) is 0 Å². The molecule has 0 saturated heterocycles. The molecule has 0 saturated carbocycles. The third-order valence-electron chi connectivity index (χ3n) is 3.00. The summed E-state index contributed by atoms with van der Waals surface area (Å²) < 4.78 is 5.50. The van der Waals surface area contributed by atoms with E-state index in [1.54, 1.807) is 0 Å². The van der Waals surface area contributed by atoms with Crippen LogP contribution in [0.5, 0.6) is 0 Å². The molecule has 1 N–H and O–H groups in total. The van der Waals surface area contributed by atoms with E-state index in [0.717, 1.165) is 39.0 Å². The molecule has 15 heavy (non-hydrogen) atoms. The molecular weight excluding hydrogens is 210 g/mol. The third kappa shape index (κ3) is 6.39. The van der Waals surface area contributed by atoms with E-state index in [4.69, 9.17) is 16.3 Å². The van der Waals surface area contributed by atoms with E-state index in [2.05, 4.69) is 26.1 Å². The summed E-state index contributed by atoms with van der Waals surface area (Å²) in [6.45, 7) is 9.10. The fourth-order valence-corrected chi connectivity index (χ4v) is 1.95.